The molecule has 0 bridgehead atoms. The van der Waals surface area contributed by atoms with Crippen LogP contribution in [0.2, 0.25) is 5.02 Å². The van der Waals surface area contributed by atoms with Gasteiger partial charge in [-0.05, 0) is 42.9 Å². The van der Waals surface area contributed by atoms with Gasteiger partial charge in [0.1, 0.15) is 6.04 Å². The van der Waals surface area contributed by atoms with Crippen molar-refractivity contribution in [2.45, 2.75) is 45.6 Å². The minimum Gasteiger partial charge on any atom is -0.344 e. The van der Waals surface area contributed by atoms with E-state index < -0.39 is 6.04 Å². The zero-order valence-corrected chi connectivity index (χ0v) is 14.6. The Hall–Kier alpha value is -1.55. The molecule has 1 aliphatic heterocycles. The first-order chi connectivity index (χ1) is 11.0. The van der Waals surface area contributed by atoms with Gasteiger partial charge in [-0.25, -0.2) is 0 Å². The fourth-order valence-electron chi connectivity index (χ4n) is 2.84. The van der Waals surface area contributed by atoms with Gasteiger partial charge in [-0.15, -0.1) is 0 Å². The highest BCUT2D eigenvalue weighted by Crippen LogP contribution is 2.14. The van der Waals surface area contributed by atoms with Crippen molar-refractivity contribution in [3.05, 3.63) is 34.9 Å². The lowest BCUT2D eigenvalue weighted by atomic mass is 10.0. The fourth-order valence-corrected chi connectivity index (χ4v) is 2.96. The highest BCUT2D eigenvalue weighted by atomic mass is 35.5. The second-order valence-electron chi connectivity index (χ2n) is 6.48. The predicted molar refractivity (Wildman–Crippen MR) is 92.4 cm³/mol. The van der Waals surface area contributed by atoms with Crippen molar-refractivity contribution in [2.24, 2.45) is 5.92 Å². The molecule has 1 N–H and O–H groups in total. The zero-order chi connectivity index (χ0) is 16.8. The summed E-state index contributed by atoms with van der Waals surface area (Å²) in [6.07, 6.45) is 3.54. The Labute approximate surface area is 143 Å². The number of hydrogen-bond donors (Lipinski definition) is 1. The molecule has 0 radical (unpaired) electrons. The van der Waals surface area contributed by atoms with Crippen molar-refractivity contribution < 1.29 is 9.59 Å². The lowest BCUT2D eigenvalue weighted by Crippen LogP contribution is -2.52. The van der Waals surface area contributed by atoms with Gasteiger partial charge in [-0.1, -0.05) is 37.6 Å². The molecule has 1 aromatic carbocycles. The van der Waals surface area contributed by atoms with Crippen LogP contribution in [0.5, 0.6) is 0 Å². The summed E-state index contributed by atoms with van der Waals surface area (Å²) in [5, 5.41) is 3.56. The summed E-state index contributed by atoms with van der Waals surface area (Å²) in [5.41, 5.74) is 0.889. The molecule has 0 saturated carbocycles. The molecule has 23 heavy (non-hydrogen) atoms. The van der Waals surface area contributed by atoms with Gasteiger partial charge in [0.2, 0.25) is 11.8 Å². The normalized spacial score (nSPS) is 16.3. The van der Waals surface area contributed by atoms with E-state index >= 15 is 0 Å². The summed E-state index contributed by atoms with van der Waals surface area (Å²) < 4.78 is 0. The van der Waals surface area contributed by atoms with E-state index in [2.05, 4.69) is 5.32 Å². The third-order valence-corrected chi connectivity index (χ3v) is 4.45. The Kier molecular flexibility index (Phi) is 6.46. The van der Waals surface area contributed by atoms with E-state index in [0.29, 0.717) is 5.02 Å². The van der Waals surface area contributed by atoms with Crippen LogP contribution in [0, 0.1) is 5.92 Å². The van der Waals surface area contributed by atoms with Crippen molar-refractivity contribution in [3.63, 3.8) is 0 Å². The minimum absolute atomic E-state index is 0.0455. The summed E-state index contributed by atoms with van der Waals surface area (Å²) in [6, 6.07) is 6.75. The first kappa shape index (κ1) is 17.8. The number of benzene rings is 1. The molecule has 0 unspecified atom stereocenters. The standard InChI is InChI=1S/C18H25ClN2O2/c1-13(2)17(18(23)21-10-4-3-5-11-21)20-16(22)12-14-6-8-15(19)9-7-14/h6-9,13,17H,3-5,10-12H2,1-2H3,(H,20,22)/t17-/m0/s1. The van der Waals surface area contributed by atoms with E-state index in [-0.39, 0.29) is 24.2 Å². The molecule has 4 nitrogen and oxygen atoms in total. The van der Waals surface area contributed by atoms with Crippen LogP contribution < -0.4 is 5.32 Å². The molecule has 2 amide bonds. The van der Waals surface area contributed by atoms with Gasteiger partial charge >= 0.3 is 0 Å². The van der Waals surface area contributed by atoms with Gasteiger partial charge in [-0.3, -0.25) is 9.59 Å². The number of likely N-dealkylation sites (tertiary alicyclic amines) is 1. The topological polar surface area (TPSA) is 49.4 Å². The van der Waals surface area contributed by atoms with Gasteiger partial charge in [-0.2, -0.15) is 0 Å². The molecule has 0 aliphatic carbocycles. The Morgan fingerprint density at radius 3 is 2.30 bits per heavy atom. The molecule has 0 spiro atoms. The summed E-state index contributed by atoms with van der Waals surface area (Å²) in [7, 11) is 0. The second-order valence-corrected chi connectivity index (χ2v) is 6.91. The number of halogens is 1. The average molecular weight is 337 g/mol. The minimum atomic E-state index is -0.451. The SMILES string of the molecule is CC(C)[C@H](NC(=O)Cc1ccc(Cl)cc1)C(=O)N1CCCCC1. The van der Waals surface area contributed by atoms with Crippen LogP contribution in [0.3, 0.4) is 0 Å². The average Bonchev–Trinajstić information content (AvgIpc) is 2.55. The quantitative estimate of drug-likeness (QED) is 0.898. The second kappa shape index (κ2) is 8.34. The molecule has 1 aromatic rings. The van der Waals surface area contributed by atoms with Crippen LogP contribution in [-0.2, 0) is 16.0 Å². The Morgan fingerprint density at radius 1 is 1.13 bits per heavy atom. The van der Waals surface area contributed by atoms with Gasteiger partial charge in [0.05, 0.1) is 6.42 Å². The number of amides is 2. The summed E-state index contributed by atoms with van der Waals surface area (Å²) in [6.45, 7) is 5.54. The largest absolute Gasteiger partial charge is 0.344 e. The fraction of sp³-hybridized carbons (Fsp3) is 0.556. The third-order valence-electron chi connectivity index (χ3n) is 4.19. The predicted octanol–water partition coefficient (Wildman–Crippen LogP) is 3.04. The van der Waals surface area contributed by atoms with E-state index in [4.69, 9.17) is 11.6 Å². The Morgan fingerprint density at radius 2 is 1.74 bits per heavy atom. The number of nitrogens with zero attached hydrogens (tertiary/aromatic N) is 1. The number of rotatable bonds is 5. The van der Waals surface area contributed by atoms with E-state index in [1.165, 1.54) is 6.42 Å². The molecule has 5 heteroatoms. The lowest BCUT2D eigenvalue weighted by molar-refractivity contribution is -0.138. The van der Waals surface area contributed by atoms with Crippen LogP contribution in [-0.4, -0.2) is 35.8 Å². The molecular weight excluding hydrogens is 312 g/mol. The molecule has 1 saturated heterocycles. The van der Waals surface area contributed by atoms with Crippen LogP contribution in [0.4, 0.5) is 0 Å². The molecule has 0 aromatic heterocycles. The number of hydrogen-bond acceptors (Lipinski definition) is 2. The van der Waals surface area contributed by atoms with Crippen LogP contribution in [0.15, 0.2) is 24.3 Å². The van der Waals surface area contributed by atoms with Crippen molar-refractivity contribution in [3.8, 4) is 0 Å². The van der Waals surface area contributed by atoms with Crippen molar-refractivity contribution in [1.82, 2.24) is 10.2 Å². The lowest BCUT2D eigenvalue weighted by Gasteiger charge is -2.32. The number of piperidine rings is 1. The van der Waals surface area contributed by atoms with Crippen LogP contribution >= 0.6 is 11.6 Å². The zero-order valence-electron chi connectivity index (χ0n) is 13.8. The Balaban J connectivity index is 1.96. The molecule has 1 atom stereocenters. The van der Waals surface area contributed by atoms with Gasteiger partial charge in [0.25, 0.3) is 0 Å². The summed E-state index contributed by atoms with van der Waals surface area (Å²) in [4.78, 5) is 26.8. The summed E-state index contributed by atoms with van der Waals surface area (Å²) >= 11 is 5.85. The number of nitrogens with one attached hydrogen (secondary N) is 1. The van der Waals surface area contributed by atoms with E-state index in [0.717, 1.165) is 31.5 Å². The van der Waals surface area contributed by atoms with Crippen molar-refractivity contribution in [2.75, 3.05) is 13.1 Å². The molecule has 1 heterocycles. The van der Waals surface area contributed by atoms with E-state index in [9.17, 15) is 9.59 Å². The molecule has 1 aliphatic rings. The first-order valence-corrected chi connectivity index (χ1v) is 8.68. The highest BCUT2D eigenvalue weighted by molar-refractivity contribution is 6.30. The maximum absolute atomic E-state index is 12.7. The van der Waals surface area contributed by atoms with Gasteiger partial charge in [0.15, 0.2) is 0 Å². The Bertz CT molecular complexity index is 536. The molecule has 126 valence electrons. The third kappa shape index (κ3) is 5.24. The van der Waals surface area contributed by atoms with Crippen molar-refractivity contribution >= 4 is 23.4 Å². The van der Waals surface area contributed by atoms with Crippen LogP contribution in [0.25, 0.3) is 0 Å². The van der Waals surface area contributed by atoms with Crippen LogP contribution in [0.1, 0.15) is 38.7 Å². The van der Waals surface area contributed by atoms with Crippen molar-refractivity contribution in [1.29, 1.82) is 0 Å². The van der Waals surface area contributed by atoms with Gasteiger partial charge < -0.3 is 10.2 Å². The van der Waals surface area contributed by atoms with Gasteiger partial charge in [0, 0.05) is 18.1 Å². The maximum atomic E-state index is 12.7. The maximum Gasteiger partial charge on any atom is 0.245 e. The number of carbonyl (C=O) groups is 2. The molecule has 2 rings (SSSR count). The smallest absolute Gasteiger partial charge is 0.245 e. The van der Waals surface area contributed by atoms with E-state index in [1.807, 2.05) is 30.9 Å². The molecular formula is C18H25ClN2O2. The van der Waals surface area contributed by atoms with E-state index in [1.54, 1.807) is 12.1 Å². The molecule has 1 fully saturated rings. The monoisotopic (exact) mass is 336 g/mol. The summed E-state index contributed by atoms with van der Waals surface area (Å²) in [5.74, 6) is -0.0147. The highest BCUT2D eigenvalue weighted by Gasteiger charge is 2.29. The first-order valence-electron chi connectivity index (χ1n) is 8.30. The number of carbonyl (C=O) groups excluding carboxylic acids is 2.